The lowest BCUT2D eigenvalue weighted by Gasteiger charge is -2.13. The first-order chi connectivity index (χ1) is 8.30. The summed E-state index contributed by atoms with van der Waals surface area (Å²) in [6.07, 6.45) is -3.65. The molecule has 0 radical (unpaired) electrons. The summed E-state index contributed by atoms with van der Waals surface area (Å²) < 4.78 is 42.7. The number of ether oxygens (including phenoxy) is 1. The van der Waals surface area contributed by atoms with Gasteiger partial charge >= 0.3 is 6.18 Å². The highest BCUT2D eigenvalue weighted by molar-refractivity contribution is 5.54. The Morgan fingerprint density at radius 3 is 2.50 bits per heavy atom. The predicted molar refractivity (Wildman–Crippen MR) is 64.5 cm³/mol. The Bertz CT molecular complexity index is 391. The average Bonchev–Trinajstić information content (AvgIpc) is 2.24. The molecule has 0 unspecified atom stereocenters. The lowest BCUT2D eigenvalue weighted by atomic mass is 10.2. The predicted octanol–water partition coefficient (Wildman–Crippen LogP) is 2.62. The molecule has 0 atom stereocenters. The molecule has 0 heterocycles. The summed E-state index contributed by atoms with van der Waals surface area (Å²) in [7, 11) is 3.83. The summed E-state index contributed by atoms with van der Waals surface area (Å²) in [5, 5.41) is 0. The van der Waals surface area contributed by atoms with Gasteiger partial charge in [-0.05, 0) is 38.7 Å². The van der Waals surface area contributed by atoms with Gasteiger partial charge in [0.25, 0.3) is 0 Å². The van der Waals surface area contributed by atoms with E-state index < -0.39 is 11.7 Å². The number of alkyl halides is 3. The smallest absolute Gasteiger partial charge is 0.416 e. The van der Waals surface area contributed by atoms with Crippen molar-refractivity contribution in [1.82, 2.24) is 4.90 Å². The Morgan fingerprint density at radius 2 is 1.94 bits per heavy atom. The van der Waals surface area contributed by atoms with Crippen LogP contribution in [-0.2, 0) is 6.18 Å². The number of halogens is 3. The van der Waals surface area contributed by atoms with Crippen LogP contribution < -0.4 is 10.5 Å². The van der Waals surface area contributed by atoms with Gasteiger partial charge in [-0.1, -0.05) is 0 Å². The third-order valence-electron chi connectivity index (χ3n) is 2.35. The van der Waals surface area contributed by atoms with Crippen LogP contribution in [-0.4, -0.2) is 32.1 Å². The molecule has 0 aliphatic heterocycles. The fourth-order valence-electron chi connectivity index (χ4n) is 1.40. The molecule has 18 heavy (non-hydrogen) atoms. The van der Waals surface area contributed by atoms with Crippen LogP contribution in [0.25, 0.3) is 0 Å². The van der Waals surface area contributed by atoms with E-state index in [1.165, 1.54) is 6.07 Å². The minimum absolute atomic E-state index is 0.0866. The summed E-state index contributed by atoms with van der Waals surface area (Å²) in [4.78, 5) is 1.97. The van der Waals surface area contributed by atoms with Crippen LogP contribution in [0.4, 0.5) is 18.9 Å². The van der Waals surface area contributed by atoms with Gasteiger partial charge in [0.15, 0.2) is 0 Å². The maximum absolute atomic E-state index is 12.5. The van der Waals surface area contributed by atoms with Gasteiger partial charge in [0.2, 0.25) is 0 Å². The van der Waals surface area contributed by atoms with E-state index in [2.05, 4.69) is 0 Å². The van der Waals surface area contributed by atoms with Crippen LogP contribution in [0.5, 0.6) is 5.75 Å². The average molecular weight is 262 g/mol. The number of nitrogens with zero attached hydrogens (tertiary/aromatic N) is 1. The van der Waals surface area contributed by atoms with Crippen molar-refractivity contribution in [3.63, 3.8) is 0 Å². The third kappa shape index (κ3) is 4.44. The first kappa shape index (κ1) is 14.6. The first-order valence-corrected chi connectivity index (χ1v) is 5.55. The first-order valence-electron chi connectivity index (χ1n) is 5.55. The normalized spacial score (nSPS) is 11.9. The van der Waals surface area contributed by atoms with E-state index in [1.54, 1.807) is 0 Å². The molecule has 1 aromatic rings. The number of rotatable bonds is 5. The number of hydrogen-bond donors (Lipinski definition) is 1. The lowest BCUT2D eigenvalue weighted by Crippen LogP contribution is -2.16. The summed E-state index contributed by atoms with van der Waals surface area (Å²) in [5.74, 6) is 0.0866. The molecular formula is C12H17F3N2O. The van der Waals surface area contributed by atoms with Gasteiger partial charge in [0.05, 0.1) is 17.9 Å². The molecule has 0 spiro atoms. The topological polar surface area (TPSA) is 38.5 Å². The van der Waals surface area contributed by atoms with Gasteiger partial charge in [0.1, 0.15) is 5.75 Å². The van der Waals surface area contributed by atoms with Crippen molar-refractivity contribution in [1.29, 1.82) is 0 Å². The molecule has 2 N–H and O–H groups in total. The molecule has 1 rings (SSSR count). The second-order valence-electron chi connectivity index (χ2n) is 4.26. The molecule has 1 aromatic carbocycles. The van der Waals surface area contributed by atoms with E-state index >= 15 is 0 Å². The van der Waals surface area contributed by atoms with Crippen molar-refractivity contribution < 1.29 is 17.9 Å². The SMILES string of the molecule is CN(C)CCCOc1cc(C(F)(F)F)ccc1N. The van der Waals surface area contributed by atoms with Gasteiger partial charge in [0, 0.05) is 6.54 Å². The van der Waals surface area contributed by atoms with Crippen molar-refractivity contribution in [3.05, 3.63) is 23.8 Å². The molecule has 6 heteroatoms. The van der Waals surface area contributed by atoms with Crippen molar-refractivity contribution in [2.24, 2.45) is 0 Å². The molecule has 0 saturated carbocycles. The highest BCUT2D eigenvalue weighted by Crippen LogP contribution is 2.34. The second-order valence-corrected chi connectivity index (χ2v) is 4.26. The quantitative estimate of drug-likeness (QED) is 0.655. The molecule has 0 fully saturated rings. The van der Waals surface area contributed by atoms with Crippen molar-refractivity contribution in [3.8, 4) is 5.75 Å². The van der Waals surface area contributed by atoms with E-state index in [4.69, 9.17) is 10.5 Å². The van der Waals surface area contributed by atoms with Crippen molar-refractivity contribution in [2.45, 2.75) is 12.6 Å². The highest BCUT2D eigenvalue weighted by Gasteiger charge is 2.31. The number of nitrogen functional groups attached to an aromatic ring is 1. The summed E-state index contributed by atoms with van der Waals surface area (Å²) in [6.45, 7) is 1.14. The van der Waals surface area contributed by atoms with Crippen molar-refractivity contribution >= 4 is 5.69 Å². The number of benzene rings is 1. The van der Waals surface area contributed by atoms with E-state index in [0.717, 1.165) is 25.1 Å². The monoisotopic (exact) mass is 262 g/mol. The molecule has 0 saturated heterocycles. The van der Waals surface area contributed by atoms with E-state index in [0.29, 0.717) is 6.61 Å². The zero-order valence-corrected chi connectivity index (χ0v) is 10.4. The summed E-state index contributed by atoms with van der Waals surface area (Å²) >= 11 is 0. The zero-order chi connectivity index (χ0) is 13.8. The molecule has 0 aromatic heterocycles. The zero-order valence-electron chi connectivity index (χ0n) is 10.4. The van der Waals surface area contributed by atoms with Gasteiger partial charge in [-0.3, -0.25) is 0 Å². The number of hydrogen-bond acceptors (Lipinski definition) is 3. The van der Waals surface area contributed by atoms with E-state index in [1.807, 2.05) is 19.0 Å². The molecule has 0 aliphatic carbocycles. The highest BCUT2D eigenvalue weighted by atomic mass is 19.4. The Morgan fingerprint density at radius 1 is 1.28 bits per heavy atom. The fraction of sp³-hybridized carbons (Fsp3) is 0.500. The van der Waals surface area contributed by atoms with E-state index in [9.17, 15) is 13.2 Å². The number of anilines is 1. The minimum Gasteiger partial charge on any atom is -0.491 e. The molecule has 3 nitrogen and oxygen atoms in total. The maximum atomic E-state index is 12.5. The maximum Gasteiger partial charge on any atom is 0.416 e. The Kier molecular flexibility index (Phi) is 4.84. The molecule has 0 aliphatic rings. The molecule has 102 valence electrons. The minimum atomic E-state index is -4.38. The van der Waals surface area contributed by atoms with Crippen LogP contribution >= 0.6 is 0 Å². The number of nitrogens with two attached hydrogens (primary N) is 1. The van der Waals surface area contributed by atoms with Gasteiger partial charge < -0.3 is 15.4 Å². The van der Waals surface area contributed by atoms with Gasteiger partial charge in [-0.15, -0.1) is 0 Å². The summed E-state index contributed by atoms with van der Waals surface area (Å²) in [5.41, 5.74) is 5.04. The van der Waals surface area contributed by atoms with Crippen LogP contribution in [0, 0.1) is 0 Å². The summed E-state index contributed by atoms with van der Waals surface area (Å²) in [6, 6.07) is 3.09. The van der Waals surface area contributed by atoms with Crippen LogP contribution in [0.3, 0.4) is 0 Å². The Labute approximate surface area is 104 Å². The van der Waals surface area contributed by atoms with Crippen LogP contribution in [0.15, 0.2) is 18.2 Å². The lowest BCUT2D eigenvalue weighted by molar-refractivity contribution is -0.137. The molecule has 0 amide bonds. The standard InChI is InChI=1S/C12H17F3N2O/c1-17(2)6-3-7-18-11-8-9(12(13,14)15)4-5-10(11)16/h4-5,8H,3,6-7,16H2,1-2H3. The second kappa shape index (κ2) is 5.95. The molecular weight excluding hydrogens is 245 g/mol. The Balaban J connectivity index is 2.64. The fourth-order valence-corrected chi connectivity index (χ4v) is 1.40. The van der Waals surface area contributed by atoms with Crippen LogP contribution in [0.1, 0.15) is 12.0 Å². The largest absolute Gasteiger partial charge is 0.491 e. The van der Waals surface area contributed by atoms with Gasteiger partial charge in [-0.2, -0.15) is 13.2 Å². The van der Waals surface area contributed by atoms with Crippen LogP contribution in [0.2, 0.25) is 0 Å². The van der Waals surface area contributed by atoms with Gasteiger partial charge in [-0.25, -0.2) is 0 Å². The third-order valence-corrected chi connectivity index (χ3v) is 2.35. The molecule has 0 bridgehead atoms. The van der Waals surface area contributed by atoms with E-state index in [-0.39, 0.29) is 11.4 Å². The van der Waals surface area contributed by atoms with Crippen molar-refractivity contribution in [2.75, 3.05) is 33.0 Å². The Hall–Kier alpha value is -1.43.